The van der Waals surface area contributed by atoms with Crippen LogP contribution in [0.15, 0.2) is 0 Å². The first-order valence-electron chi connectivity index (χ1n) is 5.01. The topological polar surface area (TPSA) is 52.3 Å². The maximum absolute atomic E-state index is 11.1. The first-order valence-corrected chi connectivity index (χ1v) is 5.01. The standard InChI is InChI=1S/C10H17NO2/c1-13-9(12)6-10(11)5-7-3-2-4-8(7)10/h7-8H,2-6,11H2,1H3/t7-,8-,10?/m1/s1. The van der Waals surface area contributed by atoms with Crippen LogP contribution < -0.4 is 5.73 Å². The summed E-state index contributed by atoms with van der Waals surface area (Å²) in [6.07, 6.45) is 5.23. The summed E-state index contributed by atoms with van der Waals surface area (Å²) in [6, 6.07) is 0. The van der Waals surface area contributed by atoms with Gasteiger partial charge in [-0.2, -0.15) is 0 Å². The molecule has 0 saturated heterocycles. The normalized spacial score (nSPS) is 42.3. The van der Waals surface area contributed by atoms with E-state index in [4.69, 9.17) is 5.73 Å². The van der Waals surface area contributed by atoms with Crippen LogP contribution in [0.4, 0.5) is 0 Å². The molecule has 13 heavy (non-hydrogen) atoms. The van der Waals surface area contributed by atoms with E-state index in [1.54, 1.807) is 0 Å². The van der Waals surface area contributed by atoms with Crippen molar-refractivity contribution >= 4 is 5.97 Å². The Labute approximate surface area is 78.6 Å². The summed E-state index contributed by atoms with van der Waals surface area (Å²) in [4.78, 5) is 11.1. The molecule has 2 aliphatic carbocycles. The molecule has 0 bridgehead atoms. The van der Waals surface area contributed by atoms with E-state index in [1.165, 1.54) is 26.4 Å². The number of rotatable bonds is 2. The largest absolute Gasteiger partial charge is 0.469 e. The van der Waals surface area contributed by atoms with Crippen LogP contribution in [-0.2, 0) is 9.53 Å². The molecule has 0 aromatic heterocycles. The summed E-state index contributed by atoms with van der Waals surface area (Å²) in [5.41, 5.74) is 5.94. The summed E-state index contributed by atoms with van der Waals surface area (Å²) >= 11 is 0. The van der Waals surface area contributed by atoms with Crippen LogP contribution >= 0.6 is 0 Å². The Morgan fingerprint density at radius 1 is 1.62 bits per heavy atom. The number of nitrogens with two attached hydrogens (primary N) is 1. The van der Waals surface area contributed by atoms with Crippen LogP contribution in [0.25, 0.3) is 0 Å². The van der Waals surface area contributed by atoms with Gasteiger partial charge in [0.1, 0.15) is 0 Å². The van der Waals surface area contributed by atoms with Crippen molar-refractivity contribution in [1.82, 2.24) is 0 Å². The van der Waals surface area contributed by atoms with Crippen molar-refractivity contribution in [3.63, 3.8) is 0 Å². The van der Waals surface area contributed by atoms with Crippen molar-refractivity contribution in [2.45, 2.75) is 37.6 Å². The van der Waals surface area contributed by atoms with Gasteiger partial charge in [0, 0.05) is 5.54 Å². The number of carbonyl (C=O) groups is 1. The molecule has 74 valence electrons. The lowest BCUT2D eigenvalue weighted by molar-refractivity contribution is -0.144. The van der Waals surface area contributed by atoms with Crippen molar-refractivity contribution in [2.24, 2.45) is 17.6 Å². The highest BCUT2D eigenvalue weighted by molar-refractivity contribution is 5.71. The predicted molar refractivity (Wildman–Crippen MR) is 49.0 cm³/mol. The van der Waals surface area contributed by atoms with E-state index in [1.807, 2.05) is 0 Å². The van der Waals surface area contributed by atoms with E-state index in [0.29, 0.717) is 12.3 Å². The summed E-state index contributed by atoms with van der Waals surface area (Å²) < 4.78 is 4.65. The number of hydrogen-bond acceptors (Lipinski definition) is 3. The lowest BCUT2D eigenvalue weighted by atomic mass is 9.60. The van der Waals surface area contributed by atoms with Crippen molar-refractivity contribution in [1.29, 1.82) is 0 Å². The minimum atomic E-state index is -0.228. The zero-order chi connectivity index (χ0) is 9.47. The van der Waals surface area contributed by atoms with Gasteiger partial charge in [0.15, 0.2) is 0 Å². The number of ether oxygens (including phenoxy) is 1. The molecule has 2 aliphatic rings. The molecular formula is C10H17NO2. The molecule has 0 amide bonds. The van der Waals surface area contributed by atoms with Crippen LogP contribution in [0.3, 0.4) is 0 Å². The maximum Gasteiger partial charge on any atom is 0.307 e. The molecular weight excluding hydrogens is 166 g/mol. The second kappa shape index (κ2) is 2.98. The zero-order valence-corrected chi connectivity index (χ0v) is 8.08. The summed E-state index contributed by atoms with van der Waals surface area (Å²) in [7, 11) is 1.43. The van der Waals surface area contributed by atoms with Gasteiger partial charge in [0.05, 0.1) is 13.5 Å². The minimum Gasteiger partial charge on any atom is -0.469 e. The highest BCUT2D eigenvalue weighted by atomic mass is 16.5. The fourth-order valence-corrected chi connectivity index (χ4v) is 3.06. The average Bonchev–Trinajstić information content (AvgIpc) is 2.47. The smallest absolute Gasteiger partial charge is 0.307 e. The highest BCUT2D eigenvalue weighted by Gasteiger charge is 2.53. The molecule has 3 heteroatoms. The Bertz CT molecular complexity index is 229. The van der Waals surface area contributed by atoms with E-state index in [-0.39, 0.29) is 11.5 Å². The number of fused-ring (bicyclic) bond motifs is 1. The van der Waals surface area contributed by atoms with Crippen molar-refractivity contribution in [3.05, 3.63) is 0 Å². The lowest BCUT2D eigenvalue weighted by Gasteiger charge is -2.49. The molecule has 0 aromatic rings. The molecule has 0 radical (unpaired) electrons. The van der Waals surface area contributed by atoms with Gasteiger partial charge in [-0.25, -0.2) is 0 Å². The van der Waals surface area contributed by atoms with Crippen LogP contribution in [0.1, 0.15) is 32.1 Å². The number of carbonyl (C=O) groups excluding carboxylic acids is 1. The second-order valence-corrected chi connectivity index (χ2v) is 4.49. The Morgan fingerprint density at radius 2 is 2.38 bits per heavy atom. The number of esters is 1. The zero-order valence-electron chi connectivity index (χ0n) is 8.08. The molecule has 2 rings (SSSR count). The molecule has 3 atom stereocenters. The van der Waals surface area contributed by atoms with Gasteiger partial charge in [-0.1, -0.05) is 12.8 Å². The fraction of sp³-hybridized carbons (Fsp3) is 0.900. The Morgan fingerprint density at radius 3 is 3.00 bits per heavy atom. The molecule has 2 N–H and O–H groups in total. The van der Waals surface area contributed by atoms with E-state index in [0.717, 1.165) is 12.3 Å². The first-order chi connectivity index (χ1) is 6.15. The summed E-state index contributed by atoms with van der Waals surface area (Å²) in [5.74, 6) is 1.23. The monoisotopic (exact) mass is 183 g/mol. The van der Waals surface area contributed by atoms with Crippen LogP contribution in [-0.4, -0.2) is 18.6 Å². The molecule has 0 heterocycles. The van der Waals surface area contributed by atoms with Gasteiger partial charge >= 0.3 is 5.97 Å². The third-order valence-electron chi connectivity index (χ3n) is 3.74. The molecule has 0 spiro atoms. The summed E-state index contributed by atoms with van der Waals surface area (Å²) in [6.45, 7) is 0. The minimum absolute atomic E-state index is 0.159. The van der Waals surface area contributed by atoms with Gasteiger partial charge in [0.2, 0.25) is 0 Å². The SMILES string of the molecule is COC(=O)CC1(N)C[C@H]2CCC[C@H]21. The van der Waals surface area contributed by atoms with Crippen molar-refractivity contribution < 1.29 is 9.53 Å². The highest BCUT2D eigenvalue weighted by Crippen LogP contribution is 2.53. The maximum atomic E-state index is 11.1. The van der Waals surface area contributed by atoms with Gasteiger partial charge in [-0.05, 0) is 24.7 Å². The van der Waals surface area contributed by atoms with Crippen LogP contribution in [0.2, 0.25) is 0 Å². The van der Waals surface area contributed by atoms with Gasteiger partial charge in [-0.3, -0.25) is 4.79 Å². The van der Waals surface area contributed by atoms with Crippen LogP contribution in [0, 0.1) is 11.8 Å². The quantitative estimate of drug-likeness (QED) is 0.651. The van der Waals surface area contributed by atoms with Gasteiger partial charge in [0.25, 0.3) is 0 Å². The first kappa shape index (κ1) is 9.00. The van der Waals surface area contributed by atoms with Crippen molar-refractivity contribution in [2.75, 3.05) is 7.11 Å². The number of hydrogen-bond donors (Lipinski definition) is 1. The Balaban J connectivity index is 1.95. The molecule has 0 aromatic carbocycles. The molecule has 2 fully saturated rings. The molecule has 3 nitrogen and oxygen atoms in total. The Hall–Kier alpha value is -0.570. The van der Waals surface area contributed by atoms with E-state index in [9.17, 15) is 4.79 Å². The van der Waals surface area contributed by atoms with Gasteiger partial charge < -0.3 is 10.5 Å². The van der Waals surface area contributed by atoms with E-state index >= 15 is 0 Å². The fourth-order valence-electron chi connectivity index (χ4n) is 3.06. The molecule has 2 saturated carbocycles. The van der Waals surface area contributed by atoms with Crippen molar-refractivity contribution in [3.8, 4) is 0 Å². The van der Waals surface area contributed by atoms with Gasteiger partial charge in [-0.15, -0.1) is 0 Å². The molecule has 0 aliphatic heterocycles. The van der Waals surface area contributed by atoms with E-state index < -0.39 is 0 Å². The third-order valence-corrected chi connectivity index (χ3v) is 3.74. The lowest BCUT2D eigenvalue weighted by Crippen LogP contribution is -2.59. The summed E-state index contributed by atoms with van der Waals surface area (Å²) in [5, 5.41) is 0. The average molecular weight is 183 g/mol. The van der Waals surface area contributed by atoms with Crippen LogP contribution in [0.5, 0.6) is 0 Å². The predicted octanol–water partition coefficient (Wildman–Crippen LogP) is 1.07. The second-order valence-electron chi connectivity index (χ2n) is 4.49. The van der Waals surface area contributed by atoms with E-state index in [2.05, 4.69) is 4.74 Å². The Kier molecular flexibility index (Phi) is 2.06. The molecule has 1 unspecified atom stereocenters. The third kappa shape index (κ3) is 1.35. The number of methoxy groups -OCH3 is 1.